The largest absolute Gasteiger partial charge is 0.465 e. The molecule has 0 saturated heterocycles. The van der Waals surface area contributed by atoms with Gasteiger partial charge in [-0.15, -0.1) is 0 Å². The van der Waals surface area contributed by atoms with E-state index in [-0.39, 0.29) is 0 Å². The van der Waals surface area contributed by atoms with Gasteiger partial charge in [-0.2, -0.15) is 0 Å². The molecule has 124 valence electrons. The number of esters is 1. The van der Waals surface area contributed by atoms with Gasteiger partial charge in [0.2, 0.25) is 0 Å². The summed E-state index contributed by atoms with van der Waals surface area (Å²) in [7, 11) is 1.34. The quantitative estimate of drug-likeness (QED) is 0.686. The number of carbonyl (C=O) groups excluding carboxylic acids is 1. The summed E-state index contributed by atoms with van der Waals surface area (Å²) >= 11 is 0. The summed E-state index contributed by atoms with van der Waals surface area (Å²) in [5, 5.41) is 3.79. The van der Waals surface area contributed by atoms with E-state index in [1.54, 1.807) is 6.92 Å². The molecule has 1 aromatic carbocycles. The fourth-order valence-electron chi connectivity index (χ4n) is 1.50. The zero-order chi connectivity index (χ0) is 17.5. The molecular formula is C18H29NO3. The van der Waals surface area contributed by atoms with Crippen molar-refractivity contribution in [3.05, 3.63) is 41.6 Å². The molecule has 0 fully saturated rings. The fourth-order valence-corrected chi connectivity index (χ4v) is 1.50. The Morgan fingerprint density at radius 1 is 1.00 bits per heavy atom. The van der Waals surface area contributed by atoms with E-state index in [1.807, 2.05) is 71.9 Å². The number of benzene rings is 1. The second-order valence-corrected chi connectivity index (χ2v) is 3.33. The minimum atomic E-state index is -0.433. The predicted molar refractivity (Wildman–Crippen MR) is 92.1 cm³/mol. The molecule has 4 nitrogen and oxygen atoms in total. The van der Waals surface area contributed by atoms with Crippen LogP contribution >= 0.6 is 0 Å². The van der Waals surface area contributed by atoms with Crippen molar-refractivity contribution < 1.29 is 14.1 Å². The normalized spacial score (nSPS) is 8.18. The molecule has 0 amide bonds. The van der Waals surface area contributed by atoms with E-state index in [0.29, 0.717) is 17.0 Å². The Balaban J connectivity index is 0. The van der Waals surface area contributed by atoms with Crippen LogP contribution in [0.1, 0.15) is 57.6 Å². The third-order valence-corrected chi connectivity index (χ3v) is 2.29. The van der Waals surface area contributed by atoms with Crippen molar-refractivity contribution >= 4 is 5.97 Å². The van der Waals surface area contributed by atoms with Gasteiger partial charge < -0.3 is 9.26 Å². The van der Waals surface area contributed by atoms with Crippen LogP contribution in [-0.2, 0) is 4.74 Å². The van der Waals surface area contributed by atoms with Gasteiger partial charge in [0.1, 0.15) is 5.56 Å². The van der Waals surface area contributed by atoms with Crippen LogP contribution in [-0.4, -0.2) is 18.2 Å². The number of rotatable bonds is 2. The van der Waals surface area contributed by atoms with Crippen LogP contribution in [0.25, 0.3) is 11.3 Å². The average Bonchev–Trinajstić information content (AvgIpc) is 3.02. The van der Waals surface area contributed by atoms with Crippen molar-refractivity contribution in [2.24, 2.45) is 0 Å². The van der Waals surface area contributed by atoms with Crippen LogP contribution in [0.2, 0.25) is 0 Å². The Hall–Kier alpha value is -2.10. The molecule has 0 atom stereocenters. The van der Waals surface area contributed by atoms with Gasteiger partial charge in [0.05, 0.1) is 12.8 Å². The summed E-state index contributed by atoms with van der Waals surface area (Å²) in [6.07, 6.45) is 0. The molecule has 0 spiro atoms. The van der Waals surface area contributed by atoms with Crippen molar-refractivity contribution in [1.82, 2.24) is 5.16 Å². The van der Waals surface area contributed by atoms with E-state index in [9.17, 15) is 4.79 Å². The number of carbonyl (C=O) groups is 1. The molecule has 0 aliphatic carbocycles. The van der Waals surface area contributed by atoms with E-state index in [2.05, 4.69) is 5.16 Å². The monoisotopic (exact) mass is 307 g/mol. The molecule has 0 bridgehead atoms. The summed E-state index contributed by atoms with van der Waals surface area (Å²) in [5.74, 6) is 0.0163. The van der Waals surface area contributed by atoms with Crippen molar-refractivity contribution in [3.8, 4) is 11.3 Å². The van der Waals surface area contributed by atoms with E-state index in [1.165, 1.54) is 7.11 Å². The maximum absolute atomic E-state index is 11.6. The van der Waals surface area contributed by atoms with Crippen molar-refractivity contribution in [3.63, 3.8) is 0 Å². The Labute approximate surface area is 134 Å². The molecule has 4 heteroatoms. The molecule has 0 N–H and O–H groups in total. The van der Waals surface area contributed by atoms with Gasteiger partial charge in [-0.25, -0.2) is 4.79 Å². The Morgan fingerprint density at radius 3 is 1.95 bits per heavy atom. The lowest BCUT2D eigenvalue weighted by molar-refractivity contribution is 0.0600. The smallest absolute Gasteiger partial charge is 0.343 e. The number of aromatic nitrogens is 1. The highest BCUT2D eigenvalue weighted by molar-refractivity contribution is 5.96. The average molecular weight is 307 g/mol. The molecule has 1 aromatic heterocycles. The van der Waals surface area contributed by atoms with Gasteiger partial charge in [-0.3, -0.25) is 0 Å². The first kappa shape index (κ1) is 22.2. The lowest BCUT2D eigenvalue weighted by atomic mass is 10.1. The highest BCUT2D eigenvalue weighted by Gasteiger charge is 2.21. The van der Waals surface area contributed by atoms with Crippen LogP contribution < -0.4 is 0 Å². The van der Waals surface area contributed by atoms with Crippen molar-refractivity contribution in [1.29, 1.82) is 0 Å². The summed E-state index contributed by atoms with van der Waals surface area (Å²) in [5.41, 5.74) is 1.72. The molecular weight excluding hydrogens is 278 g/mol. The van der Waals surface area contributed by atoms with Gasteiger partial charge in [-0.1, -0.05) is 77.0 Å². The third kappa shape index (κ3) is 6.12. The SMILES string of the molecule is CC.CC.CC.COC(=O)c1c(C)noc1-c1ccccc1. The minimum Gasteiger partial charge on any atom is -0.465 e. The summed E-state index contributed by atoms with van der Waals surface area (Å²) in [4.78, 5) is 11.6. The maximum Gasteiger partial charge on any atom is 0.343 e. The Kier molecular flexibility index (Phi) is 14.0. The zero-order valence-electron chi connectivity index (χ0n) is 15.1. The van der Waals surface area contributed by atoms with Gasteiger partial charge in [-0.05, 0) is 6.92 Å². The van der Waals surface area contributed by atoms with Crippen LogP contribution in [0.4, 0.5) is 0 Å². The number of nitrogens with zero attached hydrogens (tertiary/aromatic N) is 1. The summed E-state index contributed by atoms with van der Waals surface area (Å²) < 4.78 is 9.85. The van der Waals surface area contributed by atoms with Crippen LogP contribution in [0.15, 0.2) is 34.9 Å². The molecule has 0 aliphatic heterocycles. The number of hydrogen-bond acceptors (Lipinski definition) is 4. The van der Waals surface area contributed by atoms with Gasteiger partial charge in [0.25, 0.3) is 0 Å². The van der Waals surface area contributed by atoms with Crippen molar-refractivity contribution in [2.45, 2.75) is 48.5 Å². The molecule has 0 saturated carbocycles. The Morgan fingerprint density at radius 2 is 1.50 bits per heavy atom. The lowest BCUT2D eigenvalue weighted by Crippen LogP contribution is -2.03. The number of methoxy groups -OCH3 is 1. The second-order valence-electron chi connectivity index (χ2n) is 3.33. The van der Waals surface area contributed by atoms with Crippen molar-refractivity contribution in [2.75, 3.05) is 7.11 Å². The van der Waals surface area contributed by atoms with Gasteiger partial charge in [0, 0.05) is 5.56 Å². The van der Waals surface area contributed by atoms with E-state index >= 15 is 0 Å². The molecule has 22 heavy (non-hydrogen) atoms. The van der Waals surface area contributed by atoms with Gasteiger partial charge >= 0.3 is 5.97 Å². The molecule has 0 unspecified atom stereocenters. The highest BCUT2D eigenvalue weighted by atomic mass is 16.5. The molecule has 0 aliphatic rings. The molecule has 2 rings (SSSR count). The van der Waals surface area contributed by atoms with Crippen LogP contribution in [0.3, 0.4) is 0 Å². The summed E-state index contributed by atoms with van der Waals surface area (Å²) in [6.45, 7) is 13.7. The number of hydrogen-bond donors (Lipinski definition) is 0. The molecule has 0 radical (unpaired) electrons. The minimum absolute atomic E-state index is 0.383. The third-order valence-electron chi connectivity index (χ3n) is 2.29. The molecule has 1 heterocycles. The number of ether oxygens (including phenoxy) is 1. The van der Waals surface area contributed by atoms with Crippen LogP contribution in [0, 0.1) is 6.92 Å². The maximum atomic E-state index is 11.6. The summed E-state index contributed by atoms with van der Waals surface area (Å²) in [6, 6.07) is 9.34. The first-order valence-electron chi connectivity index (χ1n) is 7.84. The van der Waals surface area contributed by atoms with Crippen LogP contribution in [0.5, 0.6) is 0 Å². The van der Waals surface area contributed by atoms with E-state index in [0.717, 1.165) is 5.56 Å². The van der Waals surface area contributed by atoms with E-state index in [4.69, 9.17) is 9.26 Å². The predicted octanol–water partition coefficient (Wildman–Crippen LogP) is 5.52. The zero-order valence-corrected chi connectivity index (χ0v) is 15.1. The van der Waals surface area contributed by atoms with E-state index < -0.39 is 5.97 Å². The molecule has 2 aromatic rings. The second kappa shape index (κ2) is 13.9. The lowest BCUT2D eigenvalue weighted by Gasteiger charge is -1.99. The fraction of sp³-hybridized carbons (Fsp3) is 0.444. The number of aryl methyl sites for hydroxylation is 1. The standard InChI is InChI=1S/C12H11NO3.3C2H6/c1-8-10(12(14)15-2)11(16-13-8)9-6-4-3-5-7-9;3*1-2/h3-7H,1-2H3;3*1-2H3. The topological polar surface area (TPSA) is 52.3 Å². The Bertz CT molecular complexity index is 504. The first-order valence-corrected chi connectivity index (χ1v) is 7.84. The first-order chi connectivity index (χ1) is 10.7. The van der Waals surface area contributed by atoms with Gasteiger partial charge in [0.15, 0.2) is 5.76 Å². The highest BCUT2D eigenvalue weighted by Crippen LogP contribution is 2.26.